The van der Waals surface area contributed by atoms with Crippen molar-refractivity contribution < 1.29 is 19.8 Å². The normalized spacial score (nSPS) is 13.8. The minimum Gasteiger partial charge on any atom is -0.394 e. The van der Waals surface area contributed by atoms with Crippen LogP contribution in [0.25, 0.3) is 0 Å². The third kappa shape index (κ3) is 10.1. The first-order valence-corrected chi connectivity index (χ1v) is 15.8. The Morgan fingerprint density at radius 3 is 1.19 bits per heavy atom. The van der Waals surface area contributed by atoms with Crippen molar-refractivity contribution in [1.82, 2.24) is 10.6 Å². The maximum Gasteiger partial charge on any atom is 0.224 e. The molecule has 6 nitrogen and oxygen atoms in total. The molecule has 0 unspecified atom stereocenters. The second-order valence-electron chi connectivity index (χ2n) is 10.6. The first kappa shape index (κ1) is 32.0. The maximum absolute atomic E-state index is 13.6. The van der Waals surface area contributed by atoms with Gasteiger partial charge in [-0.05, 0) is 35.1 Å². The van der Waals surface area contributed by atoms with Crippen LogP contribution < -0.4 is 10.6 Å². The molecule has 0 bridgehead atoms. The van der Waals surface area contributed by atoms with Crippen LogP contribution in [0.15, 0.2) is 121 Å². The molecule has 4 rings (SSSR count). The fraction of sp³-hybridized carbons (Fsp3) is 0.278. The van der Waals surface area contributed by atoms with Crippen molar-refractivity contribution in [3.63, 3.8) is 0 Å². The van der Waals surface area contributed by atoms with Crippen LogP contribution in [0, 0.1) is 11.8 Å². The average Bonchev–Trinajstić information content (AvgIpc) is 3.06. The highest BCUT2D eigenvalue weighted by molar-refractivity contribution is 7.99. The molecule has 0 saturated carbocycles. The maximum atomic E-state index is 13.6. The fourth-order valence-electron chi connectivity index (χ4n) is 5.02. The van der Waals surface area contributed by atoms with E-state index in [0.717, 1.165) is 22.3 Å². The SMILES string of the molecule is O=C(N[C@H](CO)c1ccccc1)[C@@H](CSC[C@@H](Cc1ccccc1)C(=O)N[C@H](CO)c1ccccc1)Cc1ccccc1. The van der Waals surface area contributed by atoms with E-state index in [9.17, 15) is 19.8 Å². The van der Waals surface area contributed by atoms with E-state index in [-0.39, 0.29) is 36.9 Å². The standard InChI is InChI=1S/C36H40N2O4S/c39-23-33(29-17-9-3-10-18-29)37-35(41)31(21-27-13-5-1-6-14-27)25-43-26-32(22-28-15-7-2-8-16-28)36(42)38-34(24-40)30-19-11-4-12-20-30/h1-20,31-34,39-40H,21-26H2,(H,37,41)(H,38,42)/t31-,32-,33-,34-/m1/s1. The van der Waals surface area contributed by atoms with E-state index in [1.165, 1.54) is 0 Å². The lowest BCUT2D eigenvalue weighted by Crippen LogP contribution is -2.39. The lowest BCUT2D eigenvalue weighted by atomic mass is 9.99. The summed E-state index contributed by atoms with van der Waals surface area (Å²) in [7, 11) is 0. The molecule has 0 heterocycles. The van der Waals surface area contributed by atoms with Gasteiger partial charge in [0.1, 0.15) is 0 Å². The molecule has 224 valence electrons. The summed E-state index contributed by atoms with van der Waals surface area (Å²) in [6, 6.07) is 37.7. The van der Waals surface area contributed by atoms with Gasteiger partial charge < -0.3 is 20.8 Å². The number of carbonyl (C=O) groups excluding carboxylic acids is 2. The Balaban J connectivity index is 1.46. The topological polar surface area (TPSA) is 98.7 Å². The Labute approximate surface area is 258 Å². The number of rotatable bonds is 16. The average molecular weight is 597 g/mol. The van der Waals surface area contributed by atoms with Gasteiger partial charge in [0.15, 0.2) is 0 Å². The molecule has 4 aromatic rings. The smallest absolute Gasteiger partial charge is 0.224 e. The molecule has 4 aromatic carbocycles. The Kier molecular flexibility index (Phi) is 12.9. The van der Waals surface area contributed by atoms with Crippen LogP contribution in [-0.4, -0.2) is 46.7 Å². The highest BCUT2D eigenvalue weighted by Crippen LogP contribution is 2.23. The van der Waals surface area contributed by atoms with Crippen molar-refractivity contribution in [3.8, 4) is 0 Å². The van der Waals surface area contributed by atoms with E-state index >= 15 is 0 Å². The summed E-state index contributed by atoms with van der Waals surface area (Å²) in [6.45, 7) is -0.401. The highest BCUT2D eigenvalue weighted by atomic mass is 32.2. The van der Waals surface area contributed by atoms with Gasteiger partial charge >= 0.3 is 0 Å². The summed E-state index contributed by atoms with van der Waals surface area (Å²) in [4.78, 5) is 27.2. The van der Waals surface area contributed by atoms with E-state index in [0.29, 0.717) is 24.3 Å². The van der Waals surface area contributed by atoms with Crippen molar-refractivity contribution in [2.24, 2.45) is 11.8 Å². The molecule has 43 heavy (non-hydrogen) atoms. The van der Waals surface area contributed by atoms with Crippen LogP contribution >= 0.6 is 11.8 Å². The second-order valence-corrected chi connectivity index (χ2v) is 11.7. The van der Waals surface area contributed by atoms with Crippen LogP contribution in [0.5, 0.6) is 0 Å². The monoisotopic (exact) mass is 596 g/mol. The van der Waals surface area contributed by atoms with E-state index in [2.05, 4.69) is 10.6 Å². The van der Waals surface area contributed by atoms with Crippen LogP contribution in [0.3, 0.4) is 0 Å². The van der Waals surface area contributed by atoms with Gasteiger partial charge in [0.05, 0.1) is 37.1 Å². The zero-order valence-electron chi connectivity index (χ0n) is 24.2. The zero-order chi connectivity index (χ0) is 30.3. The van der Waals surface area contributed by atoms with Gasteiger partial charge in [-0.3, -0.25) is 9.59 Å². The summed E-state index contributed by atoms with van der Waals surface area (Å²) in [5.74, 6) is 0.0311. The third-order valence-electron chi connectivity index (χ3n) is 7.43. The Hall–Kier alpha value is -3.91. The van der Waals surface area contributed by atoms with Crippen LogP contribution in [0.2, 0.25) is 0 Å². The van der Waals surface area contributed by atoms with E-state index in [1.54, 1.807) is 11.8 Å². The second kappa shape index (κ2) is 17.3. The van der Waals surface area contributed by atoms with Crippen molar-refractivity contribution in [1.29, 1.82) is 0 Å². The van der Waals surface area contributed by atoms with Crippen molar-refractivity contribution in [2.75, 3.05) is 24.7 Å². The van der Waals surface area contributed by atoms with Crippen LogP contribution in [-0.2, 0) is 22.4 Å². The molecular weight excluding hydrogens is 556 g/mol. The van der Waals surface area contributed by atoms with Gasteiger partial charge in [-0.25, -0.2) is 0 Å². The number of amides is 2. The molecule has 0 spiro atoms. The number of nitrogens with one attached hydrogen (secondary N) is 2. The number of hydrogen-bond acceptors (Lipinski definition) is 5. The van der Waals surface area contributed by atoms with E-state index < -0.39 is 12.1 Å². The number of hydrogen-bond donors (Lipinski definition) is 4. The molecular formula is C36H40N2O4S. The number of aliphatic hydroxyl groups is 2. The van der Waals surface area contributed by atoms with Gasteiger partial charge in [-0.15, -0.1) is 0 Å². The quantitative estimate of drug-likeness (QED) is 0.144. The first-order chi connectivity index (χ1) is 21.1. The number of benzene rings is 4. The molecule has 0 aliphatic rings. The molecule has 4 N–H and O–H groups in total. The number of aliphatic hydroxyl groups excluding tert-OH is 2. The molecule has 2 amide bonds. The third-order valence-corrected chi connectivity index (χ3v) is 8.71. The largest absolute Gasteiger partial charge is 0.394 e. The molecule has 0 radical (unpaired) electrons. The van der Waals surface area contributed by atoms with Crippen molar-refractivity contribution in [3.05, 3.63) is 144 Å². The lowest BCUT2D eigenvalue weighted by Gasteiger charge is -2.24. The van der Waals surface area contributed by atoms with Gasteiger partial charge in [0.2, 0.25) is 11.8 Å². The summed E-state index contributed by atoms with van der Waals surface area (Å²) in [5, 5.41) is 26.2. The van der Waals surface area contributed by atoms with Crippen LogP contribution in [0.4, 0.5) is 0 Å². The molecule has 0 saturated heterocycles. The first-order valence-electron chi connectivity index (χ1n) is 14.6. The predicted molar refractivity (Wildman–Crippen MR) is 173 cm³/mol. The van der Waals surface area contributed by atoms with Crippen molar-refractivity contribution in [2.45, 2.75) is 24.9 Å². The number of thioether (sulfide) groups is 1. The zero-order valence-corrected chi connectivity index (χ0v) is 25.0. The van der Waals surface area contributed by atoms with Gasteiger partial charge in [0.25, 0.3) is 0 Å². The predicted octanol–water partition coefficient (Wildman–Crippen LogP) is 5.14. The fourth-order valence-corrected chi connectivity index (χ4v) is 6.27. The Bertz CT molecular complexity index is 1270. The van der Waals surface area contributed by atoms with Crippen molar-refractivity contribution >= 4 is 23.6 Å². The minimum absolute atomic E-state index is 0.132. The Morgan fingerprint density at radius 1 is 0.535 bits per heavy atom. The molecule has 0 aliphatic heterocycles. The van der Waals surface area contributed by atoms with E-state index in [1.807, 2.05) is 121 Å². The summed E-state index contributed by atoms with van der Waals surface area (Å²) < 4.78 is 0. The summed E-state index contributed by atoms with van der Waals surface area (Å²) in [5.41, 5.74) is 3.80. The minimum atomic E-state index is -0.498. The Morgan fingerprint density at radius 2 is 0.860 bits per heavy atom. The summed E-state index contributed by atoms with van der Waals surface area (Å²) >= 11 is 1.58. The van der Waals surface area contributed by atoms with Gasteiger partial charge in [-0.1, -0.05) is 121 Å². The lowest BCUT2D eigenvalue weighted by molar-refractivity contribution is -0.126. The summed E-state index contributed by atoms with van der Waals surface area (Å²) in [6.07, 6.45) is 1.09. The van der Waals surface area contributed by atoms with Gasteiger partial charge in [0, 0.05) is 11.5 Å². The highest BCUT2D eigenvalue weighted by Gasteiger charge is 2.26. The van der Waals surface area contributed by atoms with Crippen LogP contribution in [0.1, 0.15) is 34.3 Å². The molecule has 0 aliphatic carbocycles. The van der Waals surface area contributed by atoms with E-state index in [4.69, 9.17) is 0 Å². The number of carbonyl (C=O) groups is 2. The van der Waals surface area contributed by atoms with Gasteiger partial charge in [-0.2, -0.15) is 11.8 Å². The molecule has 0 aromatic heterocycles. The molecule has 4 atom stereocenters. The molecule has 0 fully saturated rings. The molecule has 7 heteroatoms.